The van der Waals surface area contributed by atoms with Crippen molar-refractivity contribution in [3.05, 3.63) is 35.4 Å². The van der Waals surface area contributed by atoms with Crippen molar-refractivity contribution in [3.63, 3.8) is 0 Å². The van der Waals surface area contributed by atoms with Crippen LogP contribution in [0.3, 0.4) is 0 Å². The van der Waals surface area contributed by atoms with Crippen molar-refractivity contribution in [2.24, 2.45) is 11.3 Å². The zero-order valence-corrected chi connectivity index (χ0v) is 10.7. The molecule has 0 saturated carbocycles. The summed E-state index contributed by atoms with van der Waals surface area (Å²) in [5.74, 6) is -1.86. The maximum atomic E-state index is 13.0. The molecule has 1 aromatic carbocycles. The van der Waals surface area contributed by atoms with E-state index in [0.29, 0.717) is 6.42 Å². The van der Waals surface area contributed by atoms with Gasteiger partial charge in [0.2, 0.25) is 0 Å². The molecule has 0 radical (unpaired) electrons. The number of hydrogen-bond acceptors (Lipinski definition) is 1. The molecule has 0 amide bonds. The first kappa shape index (κ1) is 13.8. The number of hydrogen-bond donors (Lipinski definition) is 0. The number of halogens is 2. The van der Waals surface area contributed by atoms with Gasteiger partial charge in [-0.25, -0.2) is 8.78 Å². The Balaban J connectivity index is 2.80. The van der Waals surface area contributed by atoms with Crippen LogP contribution < -0.4 is 0 Å². The average Bonchev–Trinajstić information content (AvgIpc) is 2.20. The summed E-state index contributed by atoms with van der Waals surface area (Å²) in [5, 5.41) is 0. The summed E-state index contributed by atoms with van der Waals surface area (Å²) in [5.41, 5.74) is 0.258. The summed E-state index contributed by atoms with van der Waals surface area (Å²) in [7, 11) is 0. The van der Waals surface area contributed by atoms with E-state index < -0.39 is 11.6 Å². The van der Waals surface area contributed by atoms with Gasteiger partial charge >= 0.3 is 0 Å². The van der Waals surface area contributed by atoms with Crippen molar-refractivity contribution in [1.82, 2.24) is 0 Å². The van der Waals surface area contributed by atoms with E-state index in [1.165, 1.54) is 6.07 Å². The van der Waals surface area contributed by atoms with Crippen LogP contribution in [0.25, 0.3) is 0 Å². The third-order valence-electron chi connectivity index (χ3n) is 3.21. The maximum absolute atomic E-state index is 13.0. The molecule has 0 spiro atoms. The fourth-order valence-corrected chi connectivity index (χ4v) is 1.37. The van der Waals surface area contributed by atoms with E-state index in [9.17, 15) is 13.6 Å². The first-order valence-electron chi connectivity index (χ1n) is 5.70. The highest BCUT2D eigenvalue weighted by molar-refractivity contribution is 5.96. The highest BCUT2D eigenvalue weighted by atomic mass is 19.2. The topological polar surface area (TPSA) is 17.1 Å². The van der Waals surface area contributed by atoms with Crippen LogP contribution >= 0.6 is 0 Å². The lowest BCUT2D eigenvalue weighted by atomic mass is 9.78. The van der Waals surface area contributed by atoms with Gasteiger partial charge in [-0.3, -0.25) is 4.79 Å². The van der Waals surface area contributed by atoms with E-state index in [0.717, 1.165) is 12.1 Å². The van der Waals surface area contributed by atoms with E-state index in [4.69, 9.17) is 0 Å². The molecule has 0 fully saturated rings. The van der Waals surface area contributed by atoms with Crippen molar-refractivity contribution in [1.29, 1.82) is 0 Å². The minimum absolute atomic E-state index is 0.0221. The zero-order valence-electron chi connectivity index (χ0n) is 10.7. The van der Waals surface area contributed by atoms with Crippen molar-refractivity contribution >= 4 is 5.78 Å². The van der Waals surface area contributed by atoms with E-state index in [1.54, 1.807) is 0 Å². The monoisotopic (exact) mass is 240 g/mol. The summed E-state index contributed by atoms with van der Waals surface area (Å²) >= 11 is 0. The number of benzene rings is 1. The number of rotatable bonds is 3. The Morgan fingerprint density at radius 1 is 1.24 bits per heavy atom. The van der Waals surface area contributed by atoms with Crippen molar-refractivity contribution < 1.29 is 13.6 Å². The molecule has 0 heterocycles. The third-order valence-corrected chi connectivity index (χ3v) is 3.21. The first-order valence-corrected chi connectivity index (χ1v) is 5.70. The van der Waals surface area contributed by atoms with Gasteiger partial charge in [0.25, 0.3) is 0 Å². The van der Waals surface area contributed by atoms with Crippen molar-refractivity contribution in [2.75, 3.05) is 0 Å². The molecule has 1 unspecified atom stereocenters. The lowest BCUT2D eigenvalue weighted by Crippen LogP contribution is -2.20. The first-order chi connectivity index (χ1) is 7.71. The van der Waals surface area contributed by atoms with Crippen LogP contribution in [-0.2, 0) is 0 Å². The predicted molar refractivity (Wildman–Crippen MR) is 63.9 cm³/mol. The van der Waals surface area contributed by atoms with Crippen molar-refractivity contribution in [2.45, 2.75) is 34.1 Å². The fourth-order valence-electron chi connectivity index (χ4n) is 1.37. The molecule has 1 nitrogen and oxygen atoms in total. The molecular formula is C14H18F2O. The van der Waals surface area contributed by atoms with Gasteiger partial charge < -0.3 is 0 Å². The molecule has 1 rings (SSSR count). The lowest BCUT2D eigenvalue weighted by Gasteiger charge is -2.26. The molecule has 17 heavy (non-hydrogen) atoms. The van der Waals surface area contributed by atoms with Crippen LogP contribution in [0, 0.1) is 23.0 Å². The summed E-state index contributed by atoms with van der Waals surface area (Å²) in [6.07, 6.45) is 0.342. The van der Waals surface area contributed by atoms with Gasteiger partial charge in [-0.15, -0.1) is 0 Å². The molecule has 0 aliphatic rings. The molecule has 1 aromatic rings. The van der Waals surface area contributed by atoms with Gasteiger partial charge in [-0.05, 0) is 29.5 Å². The molecule has 0 N–H and O–H groups in total. The highest BCUT2D eigenvalue weighted by Crippen LogP contribution is 2.29. The minimum atomic E-state index is -0.973. The minimum Gasteiger partial charge on any atom is -0.294 e. The second-order valence-corrected chi connectivity index (χ2v) is 5.52. The summed E-state index contributed by atoms with van der Waals surface area (Å²) in [4.78, 5) is 11.9. The lowest BCUT2D eigenvalue weighted by molar-refractivity contribution is 0.0926. The van der Waals surface area contributed by atoms with Crippen LogP contribution in [0.4, 0.5) is 8.78 Å². The van der Waals surface area contributed by atoms with E-state index in [1.807, 2.05) is 6.92 Å². The smallest absolute Gasteiger partial charge is 0.163 e. The van der Waals surface area contributed by atoms with Crippen LogP contribution in [0.1, 0.15) is 44.5 Å². The van der Waals surface area contributed by atoms with E-state index in [-0.39, 0.29) is 22.7 Å². The summed E-state index contributed by atoms with van der Waals surface area (Å²) in [6.45, 7) is 8.14. The molecule has 0 bridgehead atoms. The molecule has 3 heteroatoms. The molecule has 0 aliphatic carbocycles. The van der Waals surface area contributed by atoms with Crippen LogP contribution in [0.15, 0.2) is 18.2 Å². The maximum Gasteiger partial charge on any atom is 0.163 e. The Morgan fingerprint density at radius 3 is 2.29 bits per heavy atom. The fraction of sp³-hybridized carbons (Fsp3) is 0.500. The van der Waals surface area contributed by atoms with E-state index in [2.05, 4.69) is 20.8 Å². The summed E-state index contributed by atoms with van der Waals surface area (Å²) < 4.78 is 25.7. The molecule has 1 atom stereocenters. The zero-order chi connectivity index (χ0) is 13.2. The Morgan fingerprint density at radius 2 is 1.82 bits per heavy atom. The van der Waals surface area contributed by atoms with Gasteiger partial charge in [0.1, 0.15) is 0 Å². The van der Waals surface area contributed by atoms with Crippen molar-refractivity contribution in [3.8, 4) is 0 Å². The molecular weight excluding hydrogens is 222 g/mol. The van der Waals surface area contributed by atoms with Gasteiger partial charge in [-0.2, -0.15) is 0 Å². The molecule has 0 saturated heterocycles. The average molecular weight is 240 g/mol. The predicted octanol–water partition coefficient (Wildman–Crippen LogP) is 4.22. The van der Waals surface area contributed by atoms with Crippen LogP contribution in [0.2, 0.25) is 0 Å². The second kappa shape index (κ2) is 4.94. The van der Waals surface area contributed by atoms with E-state index >= 15 is 0 Å². The standard InChI is InChI=1S/C14H18F2O/c1-9(14(2,3)4)7-13(17)10-5-6-11(15)12(16)8-10/h5-6,8-9H,7H2,1-4H3. The molecule has 94 valence electrons. The Kier molecular flexibility index (Phi) is 4.02. The summed E-state index contributed by atoms with van der Waals surface area (Å²) in [6, 6.07) is 3.29. The largest absolute Gasteiger partial charge is 0.294 e. The Hall–Kier alpha value is -1.25. The quantitative estimate of drug-likeness (QED) is 0.723. The van der Waals surface area contributed by atoms with Gasteiger partial charge in [0.15, 0.2) is 17.4 Å². The number of Topliss-reactive ketones (excluding diaryl/α,β-unsaturated/α-hetero) is 1. The second-order valence-electron chi connectivity index (χ2n) is 5.52. The van der Waals surface area contributed by atoms with Gasteiger partial charge in [0, 0.05) is 12.0 Å². The number of carbonyl (C=O) groups is 1. The number of ketones is 1. The normalized spacial score (nSPS) is 13.5. The Labute approximate surface area is 101 Å². The number of carbonyl (C=O) groups excluding carboxylic acids is 1. The molecule has 0 aliphatic heterocycles. The highest BCUT2D eigenvalue weighted by Gasteiger charge is 2.23. The van der Waals surface area contributed by atoms with Crippen LogP contribution in [0.5, 0.6) is 0 Å². The van der Waals surface area contributed by atoms with Gasteiger partial charge in [-0.1, -0.05) is 27.7 Å². The SMILES string of the molecule is CC(CC(=O)c1ccc(F)c(F)c1)C(C)(C)C. The Bertz CT molecular complexity index is 419. The van der Waals surface area contributed by atoms with Gasteiger partial charge in [0.05, 0.1) is 0 Å². The third kappa shape index (κ3) is 3.62. The van der Waals surface area contributed by atoms with Crippen LogP contribution in [-0.4, -0.2) is 5.78 Å². The molecule has 0 aromatic heterocycles.